The van der Waals surface area contributed by atoms with E-state index in [0.717, 1.165) is 41.7 Å². The molecule has 134 valence electrons. The summed E-state index contributed by atoms with van der Waals surface area (Å²) in [4.78, 5) is 24.0. The van der Waals surface area contributed by atoms with Crippen molar-refractivity contribution in [1.82, 2.24) is 19.7 Å². The van der Waals surface area contributed by atoms with Crippen molar-refractivity contribution in [2.75, 3.05) is 34.8 Å². The number of rotatable bonds is 4. The predicted octanol–water partition coefficient (Wildman–Crippen LogP) is 2.84. The number of anilines is 2. The van der Waals surface area contributed by atoms with Gasteiger partial charge in [-0.2, -0.15) is 16.9 Å². The summed E-state index contributed by atoms with van der Waals surface area (Å²) in [6.07, 6.45) is 6.77. The Morgan fingerprint density at radius 1 is 1.27 bits per heavy atom. The highest BCUT2D eigenvalue weighted by atomic mass is 32.2. The van der Waals surface area contributed by atoms with E-state index in [2.05, 4.69) is 25.3 Å². The zero-order chi connectivity index (χ0) is 17.9. The van der Waals surface area contributed by atoms with E-state index in [4.69, 9.17) is 0 Å². The van der Waals surface area contributed by atoms with Crippen LogP contribution in [0.4, 0.5) is 11.4 Å². The number of thiophene rings is 1. The molecule has 9 heteroatoms. The van der Waals surface area contributed by atoms with Crippen LogP contribution in [-0.2, 0) is 0 Å². The van der Waals surface area contributed by atoms with E-state index >= 15 is 0 Å². The van der Waals surface area contributed by atoms with Crippen LogP contribution in [-0.4, -0.2) is 50.3 Å². The van der Waals surface area contributed by atoms with Crippen molar-refractivity contribution in [3.05, 3.63) is 46.8 Å². The lowest BCUT2D eigenvalue weighted by molar-refractivity contribution is 0.103. The molecule has 0 bridgehead atoms. The van der Waals surface area contributed by atoms with Crippen LogP contribution in [0.2, 0.25) is 0 Å². The van der Waals surface area contributed by atoms with Crippen molar-refractivity contribution in [1.29, 1.82) is 0 Å². The second kappa shape index (κ2) is 7.46. The Hall–Kier alpha value is -2.39. The summed E-state index contributed by atoms with van der Waals surface area (Å²) >= 11 is 3.39. The maximum absolute atomic E-state index is 12.4. The van der Waals surface area contributed by atoms with E-state index in [-0.39, 0.29) is 5.91 Å². The lowest BCUT2D eigenvalue weighted by Gasteiger charge is -2.29. The van der Waals surface area contributed by atoms with Gasteiger partial charge < -0.3 is 10.2 Å². The topological polar surface area (TPSA) is 75.9 Å². The number of aryl methyl sites for hydroxylation is 1. The number of nitrogens with one attached hydrogen (secondary N) is 1. The Balaban J connectivity index is 1.57. The smallest absolute Gasteiger partial charge is 0.266 e. The first kappa shape index (κ1) is 17.0. The standard InChI is InChI=1S/C17H18N6OS2/c1-12-2-5-26-15(12)17(24)21-13-8-20-23(10-13)16-14(9-18-11-19-16)22-3-6-25-7-4-22/h2,5,8-11H,3-4,6-7H2,1H3,(H,21,24). The molecule has 3 aromatic rings. The van der Waals surface area contributed by atoms with Crippen molar-refractivity contribution >= 4 is 40.4 Å². The molecule has 26 heavy (non-hydrogen) atoms. The van der Waals surface area contributed by atoms with E-state index in [0.29, 0.717) is 10.6 Å². The molecule has 0 saturated carbocycles. The fraction of sp³-hybridized carbons (Fsp3) is 0.294. The SMILES string of the molecule is Cc1ccsc1C(=O)Nc1cnn(-c2ncncc2N2CCSCC2)c1. The average molecular weight is 387 g/mol. The molecule has 4 heterocycles. The van der Waals surface area contributed by atoms with E-state index < -0.39 is 0 Å². The largest absolute Gasteiger partial charge is 0.366 e. The van der Waals surface area contributed by atoms with Gasteiger partial charge >= 0.3 is 0 Å². The molecule has 1 aliphatic heterocycles. The molecule has 1 amide bonds. The van der Waals surface area contributed by atoms with E-state index in [1.165, 1.54) is 17.7 Å². The average Bonchev–Trinajstić information content (AvgIpc) is 3.31. The van der Waals surface area contributed by atoms with Crippen LogP contribution < -0.4 is 10.2 Å². The van der Waals surface area contributed by atoms with Gasteiger partial charge in [0.15, 0.2) is 5.82 Å². The zero-order valence-corrected chi connectivity index (χ0v) is 15.9. The van der Waals surface area contributed by atoms with Crippen molar-refractivity contribution in [3.8, 4) is 5.82 Å². The van der Waals surface area contributed by atoms with Crippen molar-refractivity contribution in [2.45, 2.75) is 6.92 Å². The number of aromatic nitrogens is 4. The lowest BCUT2D eigenvalue weighted by atomic mass is 10.3. The Labute approximate surface area is 159 Å². The van der Waals surface area contributed by atoms with Gasteiger partial charge in [-0.05, 0) is 23.9 Å². The number of hydrogen-bond donors (Lipinski definition) is 1. The molecule has 0 radical (unpaired) electrons. The molecule has 0 spiro atoms. The van der Waals surface area contributed by atoms with Crippen LogP contribution in [0.15, 0.2) is 36.4 Å². The minimum atomic E-state index is -0.118. The molecule has 1 N–H and O–H groups in total. The first-order chi connectivity index (χ1) is 12.7. The van der Waals surface area contributed by atoms with E-state index in [1.807, 2.05) is 36.3 Å². The van der Waals surface area contributed by atoms with Crippen LogP contribution in [0, 0.1) is 6.92 Å². The molecule has 7 nitrogen and oxygen atoms in total. The van der Waals surface area contributed by atoms with Gasteiger partial charge in [0, 0.05) is 24.6 Å². The summed E-state index contributed by atoms with van der Waals surface area (Å²) < 4.78 is 1.69. The van der Waals surface area contributed by atoms with Gasteiger partial charge in [0.2, 0.25) is 0 Å². The summed E-state index contributed by atoms with van der Waals surface area (Å²) in [5.41, 5.74) is 2.57. The molecular weight excluding hydrogens is 368 g/mol. The molecule has 3 aromatic heterocycles. The summed E-state index contributed by atoms with van der Waals surface area (Å²) in [6, 6.07) is 1.94. The van der Waals surface area contributed by atoms with Gasteiger partial charge in [0.05, 0.1) is 29.2 Å². The summed E-state index contributed by atoms with van der Waals surface area (Å²) in [7, 11) is 0. The van der Waals surface area contributed by atoms with E-state index in [1.54, 1.807) is 17.1 Å². The van der Waals surface area contributed by atoms with Gasteiger partial charge in [-0.1, -0.05) is 0 Å². The summed E-state index contributed by atoms with van der Waals surface area (Å²) in [6.45, 7) is 3.86. The van der Waals surface area contributed by atoms with Crippen LogP contribution in [0.5, 0.6) is 0 Å². The highest BCUT2D eigenvalue weighted by Crippen LogP contribution is 2.25. The third kappa shape index (κ3) is 3.45. The fourth-order valence-electron chi connectivity index (χ4n) is 2.82. The van der Waals surface area contributed by atoms with E-state index in [9.17, 15) is 4.79 Å². The van der Waals surface area contributed by atoms with Gasteiger partial charge in [0.1, 0.15) is 12.0 Å². The molecular formula is C17H18N6OS2. The number of amides is 1. The Morgan fingerprint density at radius 2 is 2.12 bits per heavy atom. The molecule has 0 atom stereocenters. The van der Waals surface area contributed by atoms with Gasteiger partial charge in [-0.25, -0.2) is 14.6 Å². The monoisotopic (exact) mass is 386 g/mol. The molecule has 1 saturated heterocycles. The zero-order valence-electron chi connectivity index (χ0n) is 14.3. The number of carbonyl (C=O) groups is 1. The third-order valence-electron chi connectivity index (χ3n) is 4.15. The molecule has 1 aliphatic rings. The van der Waals surface area contributed by atoms with Gasteiger partial charge in [-0.3, -0.25) is 4.79 Å². The predicted molar refractivity (Wildman–Crippen MR) is 106 cm³/mol. The van der Waals surface area contributed by atoms with Gasteiger partial charge in [0.25, 0.3) is 5.91 Å². The van der Waals surface area contributed by atoms with Crippen molar-refractivity contribution < 1.29 is 4.79 Å². The molecule has 4 rings (SSSR count). The number of thioether (sulfide) groups is 1. The second-order valence-corrected chi connectivity index (χ2v) is 8.03. The third-order valence-corrected chi connectivity index (χ3v) is 6.11. The second-order valence-electron chi connectivity index (χ2n) is 5.89. The minimum Gasteiger partial charge on any atom is -0.366 e. The molecule has 0 aromatic carbocycles. The summed E-state index contributed by atoms with van der Waals surface area (Å²) in [5, 5.41) is 9.20. The highest BCUT2D eigenvalue weighted by molar-refractivity contribution is 7.99. The normalized spacial score (nSPS) is 14.4. The quantitative estimate of drug-likeness (QED) is 0.743. The maximum Gasteiger partial charge on any atom is 0.266 e. The van der Waals surface area contributed by atoms with Crippen molar-refractivity contribution in [2.24, 2.45) is 0 Å². The van der Waals surface area contributed by atoms with Gasteiger partial charge in [-0.15, -0.1) is 11.3 Å². The fourth-order valence-corrected chi connectivity index (χ4v) is 4.54. The highest BCUT2D eigenvalue weighted by Gasteiger charge is 2.18. The molecule has 1 fully saturated rings. The molecule has 0 unspecified atom stereocenters. The van der Waals surface area contributed by atoms with Crippen LogP contribution in [0.25, 0.3) is 5.82 Å². The number of hydrogen-bond acceptors (Lipinski definition) is 7. The number of nitrogens with zero attached hydrogens (tertiary/aromatic N) is 5. The van der Waals surface area contributed by atoms with Crippen LogP contribution in [0.3, 0.4) is 0 Å². The Bertz CT molecular complexity index is 915. The van der Waals surface area contributed by atoms with Crippen LogP contribution in [0.1, 0.15) is 15.2 Å². The van der Waals surface area contributed by atoms with Crippen molar-refractivity contribution in [3.63, 3.8) is 0 Å². The first-order valence-corrected chi connectivity index (χ1v) is 10.3. The minimum absolute atomic E-state index is 0.118. The Morgan fingerprint density at radius 3 is 2.88 bits per heavy atom. The lowest BCUT2D eigenvalue weighted by Crippen LogP contribution is -2.33. The van der Waals surface area contributed by atoms with Crippen LogP contribution >= 0.6 is 23.1 Å². The first-order valence-electron chi connectivity index (χ1n) is 8.25. The Kier molecular flexibility index (Phi) is 4.89. The summed E-state index contributed by atoms with van der Waals surface area (Å²) in [5.74, 6) is 2.79. The number of carbonyl (C=O) groups excluding carboxylic acids is 1. The maximum atomic E-state index is 12.4. The molecule has 0 aliphatic carbocycles.